The van der Waals surface area contributed by atoms with E-state index in [1.807, 2.05) is 25.1 Å². The normalized spacial score (nSPS) is 14.8. The molecule has 1 saturated heterocycles. The predicted molar refractivity (Wildman–Crippen MR) is 85.4 cm³/mol. The molecule has 0 aliphatic carbocycles. The zero-order valence-electron chi connectivity index (χ0n) is 13.4. The molecule has 1 aliphatic heterocycles. The Morgan fingerprint density at radius 2 is 1.96 bits per heavy atom. The van der Waals surface area contributed by atoms with E-state index in [4.69, 9.17) is 4.74 Å². The van der Waals surface area contributed by atoms with Crippen LogP contribution >= 0.6 is 0 Å². The molecule has 2 aromatic rings. The van der Waals surface area contributed by atoms with Crippen LogP contribution in [0.25, 0.3) is 0 Å². The average molecular weight is 351 g/mol. The monoisotopic (exact) mass is 351 g/mol. The molecule has 1 aromatic carbocycles. The van der Waals surface area contributed by atoms with E-state index in [9.17, 15) is 18.0 Å². The fourth-order valence-corrected chi connectivity index (χ4v) is 2.41. The van der Waals surface area contributed by atoms with Gasteiger partial charge >= 0.3 is 12.2 Å². The van der Waals surface area contributed by atoms with Crippen molar-refractivity contribution in [2.45, 2.75) is 19.2 Å². The number of hydrogen-bond donors (Lipinski definition) is 1. The topological polar surface area (TPSA) is 54.5 Å². The van der Waals surface area contributed by atoms with Crippen LogP contribution in [0.3, 0.4) is 0 Å². The zero-order chi connectivity index (χ0) is 18.0. The Hall–Kier alpha value is -2.77. The van der Waals surface area contributed by atoms with Crippen molar-refractivity contribution in [1.29, 1.82) is 0 Å². The first-order valence-electron chi connectivity index (χ1n) is 7.65. The molecule has 0 saturated carbocycles. The number of alkyl halides is 3. The minimum atomic E-state index is -4.52. The Labute approximate surface area is 142 Å². The number of amides is 2. The lowest BCUT2D eigenvalue weighted by Crippen LogP contribution is -2.57. The number of carbonyl (C=O) groups excluding carboxylic acids is 1. The smallest absolute Gasteiger partial charge is 0.433 e. The highest BCUT2D eigenvalue weighted by molar-refractivity contribution is 5.90. The standard InChI is InChI=1S/C17H16F3N3O2/c1-11-4-2-5-12(8-11)21-16(24)23-9-13(10-23)25-15-7-3-6-14(22-15)17(18,19)20/h2-8,13H,9-10H2,1H3,(H,21,24). The molecule has 5 nitrogen and oxygen atoms in total. The lowest BCUT2D eigenvalue weighted by molar-refractivity contribution is -0.141. The number of aryl methyl sites for hydroxylation is 1. The van der Waals surface area contributed by atoms with Gasteiger partial charge in [0.05, 0.1) is 13.1 Å². The molecular formula is C17H16F3N3O2. The van der Waals surface area contributed by atoms with Gasteiger partial charge in [0.25, 0.3) is 0 Å². The Morgan fingerprint density at radius 1 is 1.24 bits per heavy atom. The third kappa shape index (κ3) is 4.20. The number of benzene rings is 1. The molecule has 0 atom stereocenters. The highest BCUT2D eigenvalue weighted by Crippen LogP contribution is 2.29. The summed E-state index contributed by atoms with van der Waals surface area (Å²) in [5.74, 6) is -0.0985. The van der Waals surface area contributed by atoms with Gasteiger partial charge in [-0.2, -0.15) is 13.2 Å². The van der Waals surface area contributed by atoms with Crippen molar-refractivity contribution in [3.05, 3.63) is 53.7 Å². The second-order valence-corrected chi connectivity index (χ2v) is 5.80. The summed E-state index contributed by atoms with van der Waals surface area (Å²) < 4.78 is 43.3. The van der Waals surface area contributed by atoms with Crippen molar-refractivity contribution in [2.75, 3.05) is 18.4 Å². The lowest BCUT2D eigenvalue weighted by atomic mass is 10.2. The number of ether oxygens (including phenoxy) is 1. The minimum absolute atomic E-state index is 0.0985. The Balaban J connectivity index is 1.52. The molecule has 0 radical (unpaired) electrons. The molecule has 3 rings (SSSR count). The van der Waals surface area contributed by atoms with Crippen LogP contribution in [0.4, 0.5) is 23.7 Å². The summed E-state index contributed by atoms with van der Waals surface area (Å²) in [5.41, 5.74) is 0.713. The van der Waals surface area contributed by atoms with Gasteiger partial charge in [0, 0.05) is 11.8 Å². The van der Waals surface area contributed by atoms with Crippen LogP contribution < -0.4 is 10.1 Å². The van der Waals surface area contributed by atoms with Gasteiger partial charge < -0.3 is 15.0 Å². The van der Waals surface area contributed by atoms with Gasteiger partial charge in [0.1, 0.15) is 11.8 Å². The van der Waals surface area contributed by atoms with E-state index in [1.165, 1.54) is 17.0 Å². The molecule has 0 spiro atoms. The van der Waals surface area contributed by atoms with Crippen LogP contribution in [0.15, 0.2) is 42.5 Å². The summed E-state index contributed by atoms with van der Waals surface area (Å²) >= 11 is 0. The van der Waals surface area contributed by atoms with Gasteiger partial charge in [0.2, 0.25) is 5.88 Å². The molecule has 1 aromatic heterocycles. The highest BCUT2D eigenvalue weighted by atomic mass is 19.4. The summed E-state index contributed by atoms with van der Waals surface area (Å²) in [6.07, 6.45) is -4.89. The molecule has 1 fully saturated rings. The molecule has 132 valence electrons. The van der Waals surface area contributed by atoms with Crippen LogP contribution in [0.1, 0.15) is 11.3 Å². The van der Waals surface area contributed by atoms with Gasteiger partial charge in [-0.25, -0.2) is 9.78 Å². The molecule has 1 aliphatic rings. The van der Waals surface area contributed by atoms with E-state index in [2.05, 4.69) is 10.3 Å². The largest absolute Gasteiger partial charge is 0.471 e. The van der Waals surface area contributed by atoms with Crippen molar-refractivity contribution in [3.63, 3.8) is 0 Å². The first kappa shape index (κ1) is 17.1. The van der Waals surface area contributed by atoms with Crippen molar-refractivity contribution >= 4 is 11.7 Å². The Morgan fingerprint density at radius 3 is 2.64 bits per heavy atom. The molecule has 25 heavy (non-hydrogen) atoms. The summed E-state index contributed by atoms with van der Waals surface area (Å²) in [6.45, 7) is 2.50. The fraction of sp³-hybridized carbons (Fsp3) is 0.294. The van der Waals surface area contributed by atoms with Gasteiger partial charge in [0.15, 0.2) is 0 Å². The van der Waals surface area contributed by atoms with E-state index in [0.29, 0.717) is 5.69 Å². The summed E-state index contributed by atoms with van der Waals surface area (Å²) in [6, 6.07) is 10.6. The fourth-order valence-electron chi connectivity index (χ4n) is 2.41. The van der Waals surface area contributed by atoms with Crippen LogP contribution in [0, 0.1) is 6.92 Å². The van der Waals surface area contributed by atoms with E-state index in [0.717, 1.165) is 11.6 Å². The minimum Gasteiger partial charge on any atom is -0.471 e. The van der Waals surface area contributed by atoms with Crippen LogP contribution in [-0.2, 0) is 6.18 Å². The number of hydrogen-bond acceptors (Lipinski definition) is 3. The number of pyridine rings is 1. The van der Waals surface area contributed by atoms with E-state index in [-0.39, 0.29) is 31.1 Å². The number of aromatic nitrogens is 1. The SMILES string of the molecule is Cc1cccc(NC(=O)N2CC(Oc3cccc(C(F)(F)F)n3)C2)c1. The van der Waals surface area contributed by atoms with Gasteiger partial charge in [-0.1, -0.05) is 18.2 Å². The number of likely N-dealkylation sites (tertiary alicyclic amines) is 1. The highest BCUT2D eigenvalue weighted by Gasteiger charge is 2.35. The van der Waals surface area contributed by atoms with Crippen LogP contribution in [0.5, 0.6) is 5.88 Å². The van der Waals surface area contributed by atoms with E-state index in [1.54, 1.807) is 6.07 Å². The Kier molecular flexibility index (Phi) is 4.52. The molecule has 8 heteroatoms. The molecular weight excluding hydrogens is 335 g/mol. The summed E-state index contributed by atoms with van der Waals surface area (Å²) in [4.78, 5) is 17.0. The number of rotatable bonds is 3. The van der Waals surface area contributed by atoms with E-state index >= 15 is 0 Å². The number of halogens is 3. The predicted octanol–water partition coefficient (Wildman–Crippen LogP) is 3.70. The molecule has 0 unspecified atom stereocenters. The second-order valence-electron chi connectivity index (χ2n) is 5.80. The molecule has 2 heterocycles. The van der Waals surface area contributed by atoms with Crippen LogP contribution in [0.2, 0.25) is 0 Å². The zero-order valence-corrected chi connectivity index (χ0v) is 13.4. The first-order valence-corrected chi connectivity index (χ1v) is 7.65. The molecule has 1 N–H and O–H groups in total. The maximum Gasteiger partial charge on any atom is 0.433 e. The number of urea groups is 1. The van der Waals surface area contributed by atoms with E-state index < -0.39 is 11.9 Å². The number of anilines is 1. The molecule has 0 bridgehead atoms. The van der Waals surface area contributed by atoms with Gasteiger partial charge in [-0.05, 0) is 30.7 Å². The summed E-state index contributed by atoms with van der Waals surface area (Å²) in [5, 5.41) is 2.77. The lowest BCUT2D eigenvalue weighted by Gasteiger charge is -2.38. The van der Waals surface area contributed by atoms with Crippen LogP contribution in [-0.4, -0.2) is 35.1 Å². The van der Waals surface area contributed by atoms with Crippen molar-refractivity contribution in [3.8, 4) is 5.88 Å². The number of nitrogens with one attached hydrogen (secondary N) is 1. The third-order valence-electron chi connectivity index (χ3n) is 3.71. The second kappa shape index (κ2) is 6.62. The van der Waals surface area contributed by atoms with Gasteiger partial charge in [-0.15, -0.1) is 0 Å². The summed E-state index contributed by atoms with van der Waals surface area (Å²) in [7, 11) is 0. The maximum atomic E-state index is 12.6. The number of carbonyl (C=O) groups is 1. The number of nitrogens with zero attached hydrogens (tertiary/aromatic N) is 2. The van der Waals surface area contributed by atoms with Crippen molar-refractivity contribution < 1.29 is 22.7 Å². The average Bonchev–Trinajstić information content (AvgIpc) is 2.50. The van der Waals surface area contributed by atoms with Gasteiger partial charge in [-0.3, -0.25) is 0 Å². The first-order chi connectivity index (χ1) is 11.8. The van der Waals surface area contributed by atoms with Crippen molar-refractivity contribution in [2.24, 2.45) is 0 Å². The quantitative estimate of drug-likeness (QED) is 0.917. The maximum absolute atomic E-state index is 12.6. The third-order valence-corrected chi connectivity index (χ3v) is 3.71. The molecule has 2 amide bonds. The van der Waals surface area contributed by atoms with Crippen molar-refractivity contribution in [1.82, 2.24) is 9.88 Å². The Bertz CT molecular complexity index is 774.